The summed E-state index contributed by atoms with van der Waals surface area (Å²) in [6.07, 6.45) is 4.13. The third-order valence-corrected chi connectivity index (χ3v) is 3.31. The minimum absolute atomic E-state index is 1.07. The number of hydrogen-bond acceptors (Lipinski definition) is 2. The smallest absolute Gasteiger partial charge is 0.320 e. The van der Waals surface area contributed by atoms with E-state index in [4.69, 9.17) is 8.85 Å². The van der Waals surface area contributed by atoms with Gasteiger partial charge in [-0.1, -0.05) is 6.08 Å². The van der Waals surface area contributed by atoms with E-state index in [1.165, 1.54) is 0 Å². The van der Waals surface area contributed by atoms with Gasteiger partial charge in [-0.15, -0.1) is 6.58 Å². The molecule has 0 aromatic carbocycles. The normalized spacial score (nSPS) is 10.3. The van der Waals surface area contributed by atoms with Gasteiger partial charge in [0, 0.05) is 14.2 Å². The minimum atomic E-state index is -1.27. The molecular weight excluding hydrogens is 144 g/mol. The van der Waals surface area contributed by atoms with Gasteiger partial charge in [-0.25, -0.2) is 0 Å². The molecular formula is C7H16O2Si. The Morgan fingerprint density at radius 1 is 1.40 bits per heavy atom. The maximum atomic E-state index is 5.13. The van der Waals surface area contributed by atoms with E-state index in [1.807, 2.05) is 6.08 Å². The lowest BCUT2D eigenvalue weighted by molar-refractivity contribution is 0.276. The topological polar surface area (TPSA) is 18.5 Å². The van der Waals surface area contributed by atoms with E-state index in [1.54, 1.807) is 14.2 Å². The van der Waals surface area contributed by atoms with E-state index >= 15 is 0 Å². The number of allylic oxidation sites excluding steroid dienone is 1. The van der Waals surface area contributed by atoms with Crippen LogP contribution in [-0.4, -0.2) is 23.5 Å². The fraction of sp³-hybridized carbons (Fsp3) is 0.714. The van der Waals surface area contributed by atoms with E-state index in [2.05, 4.69) is 6.58 Å². The first-order valence-corrected chi connectivity index (χ1v) is 5.27. The van der Waals surface area contributed by atoms with Crippen LogP contribution in [0.5, 0.6) is 0 Å². The molecule has 0 fully saturated rings. The first kappa shape index (κ1) is 9.88. The van der Waals surface area contributed by atoms with E-state index in [9.17, 15) is 0 Å². The maximum Gasteiger partial charge on any atom is 0.320 e. The third kappa shape index (κ3) is 4.73. The maximum absolute atomic E-state index is 5.13. The van der Waals surface area contributed by atoms with Gasteiger partial charge in [0.15, 0.2) is 0 Å². The third-order valence-electron chi connectivity index (χ3n) is 1.37. The Kier molecular flexibility index (Phi) is 6.90. The van der Waals surface area contributed by atoms with Gasteiger partial charge < -0.3 is 8.85 Å². The molecule has 0 bridgehead atoms. The fourth-order valence-electron chi connectivity index (χ4n) is 0.761. The van der Waals surface area contributed by atoms with Crippen molar-refractivity contribution < 1.29 is 8.85 Å². The molecule has 0 aromatic heterocycles. The monoisotopic (exact) mass is 160 g/mol. The van der Waals surface area contributed by atoms with Crippen molar-refractivity contribution in [1.82, 2.24) is 0 Å². The highest BCUT2D eigenvalue weighted by Crippen LogP contribution is 2.02. The molecule has 0 radical (unpaired) electrons. The standard InChI is InChI=1S/C7H16O2Si/c1-4-5-6-7-10(8-2)9-3/h4,10H,1,5-7H2,2-3H3. The van der Waals surface area contributed by atoms with Crippen LogP contribution >= 0.6 is 0 Å². The number of rotatable bonds is 6. The molecule has 10 heavy (non-hydrogen) atoms. The van der Waals surface area contributed by atoms with Crippen molar-refractivity contribution in [3.63, 3.8) is 0 Å². The Labute approximate surface area is 64.7 Å². The predicted octanol–water partition coefficient (Wildman–Crippen LogP) is 1.47. The second kappa shape index (κ2) is 6.99. The summed E-state index contributed by atoms with van der Waals surface area (Å²) in [5.41, 5.74) is 0. The Balaban J connectivity index is 3.16. The molecule has 0 aromatic rings. The van der Waals surface area contributed by atoms with Crippen LogP contribution < -0.4 is 0 Å². The Hall–Kier alpha value is -0.123. The Morgan fingerprint density at radius 3 is 2.40 bits per heavy atom. The van der Waals surface area contributed by atoms with Crippen LogP contribution in [-0.2, 0) is 8.85 Å². The van der Waals surface area contributed by atoms with Crippen molar-refractivity contribution in [2.24, 2.45) is 0 Å². The summed E-state index contributed by atoms with van der Waals surface area (Å²) < 4.78 is 10.3. The molecule has 0 aliphatic rings. The van der Waals surface area contributed by atoms with Crippen molar-refractivity contribution in [3.8, 4) is 0 Å². The molecule has 0 unspecified atom stereocenters. The van der Waals surface area contributed by atoms with Crippen LogP contribution in [0, 0.1) is 0 Å². The summed E-state index contributed by atoms with van der Waals surface area (Å²) in [4.78, 5) is 0. The fourth-order valence-corrected chi connectivity index (χ4v) is 1.99. The number of unbranched alkanes of at least 4 members (excludes halogenated alkanes) is 1. The molecule has 0 aliphatic heterocycles. The molecule has 0 saturated carbocycles. The van der Waals surface area contributed by atoms with Crippen LogP contribution in [0.3, 0.4) is 0 Å². The van der Waals surface area contributed by atoms with Crippen molar-refractivity contribution in [1.29, 1.82) is 0 Å². The molecule has 0 aliphatic carbocycles. The molecule has 0 atom stereocenters. The van der Waals surface area contributed by atoms with Gasteiger partial charge in [-0.05, 0) is 18.9 Å². The number of hydrogen-bond donors (Lipinski definition) is 0. The van der Waals surface area contributed by atoms with Crippen molar-refractivity contribution >= 4 is 9.28 Å². The van der Waals surface area contributed by atoms with Crippen LogP contribution in [0.2, 0.25) is 6.04 Å². The van der Waals surface area contributed by atoms with E-state index in [0.717, 1.165) is 18.9 Å². The molecule has 0 spiro atoms. The predicted molar refractivity (Wildman–Crippen MR) is 45.4 cm³/mol. The SMILES string of the molecule is C=CCCC[SiH](OC)OC. The van der Waals surface area contributed by atoms with Gasteiger partial charge in [-0.2, -0.15) is 0 Å². The zero-order valence-corrected chi connectivity index (χ0v) is 7.95. The first-order chi connectivity index (χ1) is 4.85. The largest absolute Gasteiger partial charge is 0.400 e. The molecule has 0 amide bonds. The van der Waals surface area contributed by atoms with E-state index in [-0.39, 0.29) is 0 Å². The lowest BCUT2D eigenvalue weighted by Gasteiger charge is -2.08. The van der Waals surface area contributed by atoms with Gasteiger partial charge in [0.25, 0.3) is 0 Å². The van der Waals surface area contributed by atoms with Gasteiger partial charge in [0.1, 0.15) is 0 Å². The summed E-state index contributed by atoms with van der Waals surface area (Å²) in [5, 5.41) is 0. The quantitative estimate of drug-likeness (QED) is 0.333. The van der Waals surface area contributed by atoms with E-state index in [0.29, 0.717) is 0 Å². The molecule has 2 nitrogen and oxygen atoms in total. The van der Waals surface area contributed by atoms with Crippen molar-refractivity contribution in [2.45, 2.75) is 18.9 Å². The highest BCUT2D eigenvalue weighted by atomic mass is 28.3. The molecule has 0 saturated heterocycles. The molecule has 60 valence electrons. The van der Waals surface area contributed by atoms with Gasteiger partial charge >= 0.3 is 9.28 Å². The van der Waals surface area contributed by atoms with E-state index < -0.39 is 9.28 Å². The molecule has 0 heterocycles. The molecule has 0 rings (SSSR count). The lowest BCUT2D eigenvalue weighted by atomic mass is 10.3. The summed E-state index contributed by atoms with van der Waals surface area (Å²) in [6, 6.07) is 1.08. The van der Waals surface area contributed by atoms with Crippen LogP contribution in [0.15, 0.2) is 12.7 Å². The zero-order valence-electron chi connectivity index (χ0n) is 6.80. The molecule has 0 N–H and O–H groups in total. The van der Waals surface area contributed by atoms with Crippen molar-refractivity contribution in [3.05, 3.63) is 12.7 Å². The highest BCUT2D eigenvalue weighted by Gasteiger charge is 2.06. The van der Waals surface area contributed by atoms with Gasteiger partial charge in [0.05, 0.1) is 0 Å². The first-order valence-electron chi connectivity index (χ1n) is 3.51. The lowest BCUT2D eigenvalue weighted by Crippen LogP contribution is -2.18. The zero-order chi connectivity index (χ0) is 7.82. The average molecular weight is 160 g/mol. The van der Waals surface area contributed by atoms with Gasteiger partial charge in [-0.3, -0.25) is 0 Å². The highest BCUT2D eigenvalue weighted by molar-refractivity contribution is 6.44. The minimum Gasteiger partial charge on any atom is -0.400 e. The summed E-state index contributed by atoms with van der Waals surface area (Å²) in [6.45, 7) is 3.64. The molecule has 3 heteroatoms. The van der Waals surface area contributed by atoms with Crippen LogP contribution in [0.25, 0.3) is 0 Å². The average Bonchev–Trinajstić information content (AvgIpc) is 1.99. The Morgan fingerprint density at radius 2 is 2.00 bits per heavy atom. The second-order valence-corrected chi connectivity index (χ2v) is 4.50. The van der Waals surface area contributed by atoms with Crippen molar-refractivity contribution in [2.75, 3.05) is 14.2 Å². The summed E-state index contributed by atoms with van der Waals surface area (Å²) in [7, 11) is 2.16. The van der Waals surface area contributed by atoms with Gasteiger partial charge in [0.2, 0.25) is 0 Å². The summed E-state index contributed by atoms with van der Waals surface area (Å²) in [5.74, 6) is 0. The second-order valence-electron chi connectivity index (χ2n) is 2.12. The Bertz CT molecular complexity index is 81.7. The van der Waals surface area contributed by atoms with Crippen LogP contribution in [0.1, 0.15) is 12.8 Å². The summed E-state index contributed by atoms with van der Waals surface area (Å²) >= 11 is 0. The van der Waals surface area contributed by atoms with Crippen LogP contribution in [0.4, 0.5) is 0 Å².